The first-order valence-corrected chi connectivity index (χ1v) is 10.3. The van der Waals surface area contributed by atoms with Gasteiger partial charge in [-0.3, -0.25) is 9.59 Å². The van der Waals surface area contributed by atoms with Gasteiger partial charge in [-0.05, 0) is 77.2 Å². The Kier molecular flexibility index (Phi) is 6.74. The molecule has 1 aliphatic rings. The summed E-state index contributed by atoms with van der Waals surface area (Å²) in [6.07, 6.45) is 1.73. The van der Waals surface area contributed by atoms with Gasteiger partial charge in [-0.1, -0.05) is 18.2 Å². The zero-order chi connectivity index (χ0) is 20.1. The van der Waals surface area contributed by atoms with E-state index in [0.717, 1.165) is 20.9 Å². The average Bonchev–Trinajstić information content (AvgIpc) is 3.03. The molecule has 1 heterocycles. The molecule has 0 bridgehead atoms. The molecule has 0 aliphatic carbocycles. The quantitative estimate of drug-likeness (QED) is 0.487. The van der Waals surface area contributed by atoms with Crippen molar-refractivity contribution in [3.05, 3.63) is 62.1 Å². The van der Waals surface area contributed by atoms with Crippen molar-refractivity contribution in [3.63, 3.8) is 0 Å². The number of halogens is 1. The number of ether oxygens (including phenoxy) is 2. The molecule has 0 spiro atoms. The number of amidine groups is 1. The van der Waals surface area contributed by atoms with Crippen LogP contribution in [0.3, 0.4) is 0 Å². The number of hydrogen-bond acceptors (Lipinski definition) is 5. The second kappa shape index (κ2) is 9.24. The lowest BCUT2D eigenvalue weighted by molar-refractivity contribution is -0.115. The normalized spacial score (nSPS) is 16.3. The number of methoxy groups -OCH3 is 1. The minimum Gasteiger partial charge on any atom is -0.493 e. The van der Waals surface area contributed by atoms with Gasteiger partial charge in [0.2, 0.25) is 0 Å². The Morgan fingerprint density at radius 1 is 1.29 bits per heavy atom. The van der Waals surface area contributed by atoms with Crippen molar-refractivity contribution in [1.82, 2.24) is 5.32 Å². The third-order valence-corrected chi connectivity index (χ3v) is 5.42. The summed E-state index contributed by atoms with van der Waals surface area (Å²) in [5, 5.41) is 2.89. The second-order valence-electron chi connectivity index (χ2n) is 5.62. The summed E-state index contributed by atoms with van der Waals surface area (Å²) in [4.78, 5) is 28.9. The van der Waals surface area contributed by atoms with Crippen LogP contribution in [0.2, 0.25) is 0 Å². The average molecular weight is 508 g/mol. The van der Waals surface area contributed by atoms with Crippen LogP contribution in [0.4, 0.5) is 0 Å². The van der Waals surface area contributed by atoms with Crippen LogP contribution in [0.5, 0.6) is 11.5 Å². The SMILES string of the molecule is CCOc1c(I)cc(/C=C2\SC(=NC(=O)c3ccccc3)NC2=O)cc1OC. The number of aliphatic imine (C=N–C) groups is 1. The molecule has 0 unspecified atom stereocenters. The lowest BCUT2D eigenvalue weighted by Crippen LogP contribution is -2.20. The Morgan fingerprint density at radius 2 is 2.04 bits per heavy atom. The van der Waals surface area contributed by atoms with E-state index in [1.807, 2.05) is 19.1 Å². The van der Waals surface area contributed by atoms with E-state index in [-0.39, 0.29) is 11.1 Å². The molecule has 1 aliphatic heterocycles. The van der Waals surface area contributed by atoms with Crippen molar-refractivity contribution in [2.75, 3.05) is 13.7 Å². The molecule has 2 aromatic carbocycles. The lowest BCUT2D eigenvalue weighted by Gasteiger charge is -2.12. The number of carbonyl (C=O) groups excluding carboxylic acids is 2. The van der Waals surface area contributed by atoms with Gasteiger partial charge in [0.05, 0.1) is 22.2 Å². The molecule has 1 N–H and O–H groups in total. The van der Waals surface area contributed by atoms with Gasteiger partial charge >= 0.3 is 0 Å². The summed E-state index contributed by atoms with van der Waals surface area (Å²) in [6.45, 7) is 2.43. The summed E-state index contributed by atoms with van der Waals surface area (Å²) >= 11 is 3.29. The van der Waals surface area contributed by atoms with Crippen LogP contribution >= 0.6 is 34.4 Å². The Labute approximate surface area is 180 Å². The molecule has 144 valence electrons. The molecule has 0 radical (unpaired) electrons. The fourth-order valence-electron chi connectivity index (χ4n) is 2.48. The molecule has 2 amide bonds. The molecular formula is C20H17IN2O4S. The van der Waals surface area contributed by atoms with E-state index in [1.165, 1.54) is 0 Å². The van der Waals surface area contributed by atoms with Gasteiger partial charge in [-0.2, -0.15) is 4.99 Å². The van der Waals surface area contributed by atoms with Crippen LogP contribution in [-0.2, 0) is 4.79 Å². The van der Waals surface area contributed by atoms with Crippen molar-refractivity contribution in [2.45, 2.75) is 6.92 Å². The molecule has 0 saturated carbocycles. The summed E-state index contributed by atoms with van der Waals surface area (Å²) < 4.78 is 11.9. The summed E-state index contributed by atoms with van der Waals surface area (Å²) in [5.74, 6) is 0.568. The molecule has 3 rings (SSSR count). The topological polar surface area (TPSA) is 77.0 Å². The highest BCUT2D eigenvalue weighted by molar-refractivity contribution is 14.1. The van der Waals surface area contributed by atoms with E-state index in [9.17, 15) is 9.59 Å². The maximum atomic E-state index is 12.3. The Bertz CT molecular complexity index is 974. The van der Waals surface area contributed by atoms with Crippen molar-refractivity contribution < 1.29 is 19.1 Å². The standard InChI is InChI=1S/C20H17IN2O4S/c1-3-27-17-14(21)9-12(10-15(17)26-2)11-16-19(25)23-20(28-16)22-18(24)13-7-5-4-6-8-13/h4-11H,3H2,1-2H3,(H,22,23,24,25)/b16-11-. The number of carbonyl (C=O) groups is 2. The zero-order valence-electron chi connectivity index (χ0n) is 15.2. The Balaban J connectivity index is 1.84. The molecule has 2 aromatic rings. The molecule has 1 fully saturated rings. The van der Waals surface area contributed by atoms with E-state index in [4.69, 9.17) is 9.47 Å². The third kappa shape index (κ3) is 4.74. The highest BCUT2D eigenvalue weighted by Crippen LogP contribution is 2.35. The van der Waals surface area contributed by atoms with Crippen molar-refractivity contribution in [1.29, 1.82) is 0 Å². The highest BCUT2D eigenvalue weighted by Gasteiger charge is 2.25. The third-order valence-electron chi connectivity index (χ3n) is 3.71. The van der Waals surface area contributed by atoms with E-state index in [2.05, 4.69) is 32.9 Å². The highest BCUT2D eigenvalue weighted by atomic mass is 127. The number of nitrogens with one attached hydrogen (secondary N) is 1. The van der Waals surface area contributed by atoms with Crippen LogP contribution in [0.15, 0.2) is 52.4 Å². The molecule has 0 aromatic heterocycles. The maximum absolute atomic E-state index is 12.3. The first-order valence-electron chi connectivity index (χ1n) is 8.41. The molecule has 0 atom stereocenters. The zero-order valence-corrected chi connectivity index (χ0v) is 18.2. The predicted octanol–water partition coefficient (Wildman–Crippen LogP) is 4.10. The second-order valence-corrected chi connectivity index (χ2v) is 7.81. The number of rotatable bonds is 5. The van der Waals surface area contributed by atoms with Crippen LogP contribution in [0.1, 0.15) is 22.8 Å². The number of thioether (sulfide) groups is 1. The molecule has 8 heteroatoms. The van der Waals surface area contributed by atoms with Crippen LogP contribution in [0, 0.1) is 3.57 Å². The van der Waals surface area contributed by atoms with Gasteiger partial charge in [0.25, 0.3) is 11.8 Å². The summed E-state index contributed by atoms with van der Waals surface area (Å²) in [6, 6.07) is 12.4. The van der Waals surface area contributed by atoms with Gasteiger partial charge in [0.15, 0.2) is 16.7 Å². The Morgan fingerprint density at radius 3 is 2.71 bits per heavy atom. The van der Waals surface area contributed by atoms with Gasteiger partial charge in [0, 0.05) is 5.56 Å². The predicted molar refractivity (Wildman–Crippen MR) is 119 cm³/mol. The molecule has 6 nitrogen and oxygen atoms in total. The number of hydrogen-bond donors (Lipinski definition) is 1. The maximum Gasteiger partial charge on any atom is 0.279 e. The van der Waals surface area contributed by atoms with Gasteiger partial charge in [-0.25, -0.2) is 0 Å². The number of nitrogens with zero attached hydrogens (tertiary/aromatic N) is 1. The van der Waals surface area contributed by atoms with Crippen LogP contribution < -0.4 is 14.8 Å². The smallest absolute Gasteiger partial charge is 0.279 e. The first-order chi connectivity index (χ1) is 13.5. The number of amides is 2. The van der Waals surface area contributed by atoms with Crippen molar-refractivity contribution >= 4 is 57.4 Å². The fraction of sp³-hybridized carbons (Fsp3) is 0.150. The summed E-state index contributed by atoms with van der Waals surface area (Å²) in [5.41, 5.74) is 1.26. The molecular weight excluding hydrogens is 491 g/mol. The van der Waals surface area contributed by atoms with E-state index in [1.54, 1.807) is 43.5 Å². The van der Waals surface area contributed by atoms with Crippen LogP contribution in [0.25, 0.3) is 6.08 Å². The monoisotopic (exact) mass is 508 g/mol. The van der Waals surface area contributed by atoms with Crippen molar-refractivity contribution in [3.8, 4) is 11.5 Å². The van der Waals surface area contributed by atoms with E-state index in [0.29, 0.717) is 28.6 Å². The van der Waals surface area contributed by atoms with Crippen molar-refractivity contribution in [2.24, 2.45) is 4.99 Å². The fourth-order valence-corrected chi connectivity index (χ4v) is 4.08. The van der Waals surface area contributed by atoms with Gasteiger partial charge < -0.3 is 14.8 Å². The van der Waals surface area contributed by atoms with Crippen LogP contribution in [-0.4, -0.2) is 30.7 Å². The van der Waals surface area contributed by atoms with E-state index >= 15 is 0 Å². The minimum atomic E-state index is -0.401. The largest absolute Gasteiger partial charge is 0.493 e. The number of benzene rings is 2. The Hall–Kier alpha value is -2.33. The molecule has 28 heavy (non-hydrogen) atoms. The lowest BCUT2D eigenvalue weighted by atomic mass is 10.2. The van der Waals surface area contributed by atoms with Gasteiger partial charge in [-0.15, -0.1) is 0 Å². The molecule has 1 saturated heterocycles. The summed E-state index contributed by atoms with van der Waals surface area (Å²) in [7, 11) is 1.57. The van der Waals surface area contributed by atoms with E-state index < -0.39 is 5.91 Å². The first kappa shape index (κ1) is 20.4. The van der Waals surface area contributed by atoms with Gasteiger partial charge in [0.1, 0.15) is 0 Å². The minimum absolute atomic E-state index is 0.262.